The molecule has 1 saturated heterocycles. The third kappa shape index (κ3) is 5.36. The van der Waals surface area contributed by atoms with E-state index in [9.17, 15) is 5.11 Å². The molecule has 1 N–H and O–H groups in total. The molecule has 0 radical (unpaired) electrons. The quantitative estimate of drug-likeness (QED) is 0.703. The molecule has 1 aliphatic heterocycles. The molecule has 0 aromatic rings. The highest BCUT2D eigenvalue weighted by Crippen LogP contribution is 2.23. The third-order valence-corrected chi connectivity index (χ3v) is 3.88. The zero-order valence-electron chi connectivity index (χ0n) is 11.9. The van der Waals surface area contributed by atoms with Crippen molar-refractivity contribution in [2.45, 2.75) is 39.5 Å². The Kier molecular flexibility index (Phi) is 6.45. The van der Waals surface area contributed by atoms with Crippen molar-refractivity contribution in [1.82, 2.24) is 9.80 Å². The Labute approximate surface area is 107 Å². The number of hydrogen-bond acceptors (Lipinski definition) is 3. The van der Waals surface area contributed by atoms with Gasteiger partial charge in [0.15, 0.2) is 0 Å². The molecule has 1 aliphatic rings. The SMILES string of the molecule is CCCC(C)(CO)CN(C)CCN1CCCC1. The first kappa shape index (κ1) is 14.9. The number of likely N-dealkylation sites (N-methyl/N-ethyl adjacent to an activating group) is 1. The largest absolute Gasteiger partial charge is 0.396 e. The minimum atomic E-state index is 0.0779. The molecule has 1 fully saturated rings. The highest BCUT2D eigenvalue weighted by Gasteiger charge is 2.24. The third-order valence-electron chi connectivity index (χ3n) is 3.88. The lowest BCUT2D eigenvalue weighted by Gasteiger charge is -2.32. The molecule has 1 atom stereocenters. The van der Waals surface area contributed by atoms with Crippen LogP contribution in [-0.4, -0.2) is 61.3 Å². The topological polar surface area (TPSA) is 26.7 Å². The summed E-state index contributed by atoms with van der Waals surface area (Å²) in [6.45, 7) is 10.6. The Morgan fingerprint density at radius 3 is 2.47 bits per heavy atom. The van der Waals surface area contributed by atoms with E-state index in [-0.39, 0.29) is 5.41 Å². The van der Waals surface area contributed by atoms with E-state index in [0.29, 0.717) is 6.61 Å². The average Bonchev–Trinajstić information content (AvgIpc) is 2.79. The van der Waals surface area contributed by atoms with Gasteiger partial charge < -0.3 is 14.9 Å². The van der Waals surface area contributed by atoms with Crippen molar-refractivity contribution in [3.63, 3.8) is 0 Å². The van der Waals surface area contributed by atoms with Gasteiger partial charge in [-0.05, 0) is 39.4 Å². The second-order valence-corrected chi connectivity index (χ2v) is 6.01. The lowest BCUT2D eigenvalue weighted by Crippen LogP contribution is -2.39. The van der Waals surface area contributed by atoms with Gasteiger partial charge in [-0.25, -0.2) is 0 Å². The molecule has 0 bridgehead atoms. The van der Waals surface area contributed by atoms with Crippen molar-refractivity contribution in [2.75, 3.05) is 46.4 Å². The van der Waals surface area contributed by atoms with E-state index in [2.05, 4.69) is 30.7 Å². The maximum Gasteiger partial charge on any atom is 0.0497 e. The Hall–Kier alpha value is -0.120. The van der Waals surface area contributed by atoms with Gasteiger partial charge >= 0.3 is 0 Å². The van der Waals surface area contributed by atoms with Crippen LogP contribution in [0.3, 0.4) is 0 Å². The molecule has 1 heterocycles. The minimum absolute atomic E-state index is 0.0779. The lowest BCUT2D eigenvalue weighted by molar-refractivity contribution is 0.0868. The minimum Gasteiger partial charge on any atom is -0.396 e. The van der Waals surface area contributed by atoms with E-state index in [1.165, 1.54) is 32.5 Å². The van der Waals surface area contributed by atoms with Crippen LogP contribution in [0.1, 0.15) is 39.5 Å². The summed E-state index contributed by atoms with van der Waals surface area (Å²) in [5.41, 5.74) is 0.0779. The number of nitrogens with zero attached hydrogens (tertiary/aromatic N) is 2. The van der Waals surface area contributed by atoms with E-state index < -0.39 is 0 Å². The monoisotopic (exact) mass is 242 g/mol. The van der Waals surface area contributed by atoms with Crippen molar-refractivity contribution < 1.29 is 5.11 Å². The average molecular weight is 242 g/mol. The lowest BCUT2D eigenvalue weighted by atomic mass is 9.86. The molecular weight excluding hydrogens is 212 g/mol. The molecule has 0 aliphatic carbocycles. The second kappa shape index (κ2) is 7.34. The molecule has 1 unspecified atom stereocenters. The van der Waals surface area contributed by atoms with Gasteiger partial charge in [-0.2, -0.15) is 0 Å². The van der Waals surface area contributed by atoms with Gasteiger partial charge in [0, 0.05) is 31.7 Å². The zero-order valence-corrected chi connectivity index (χ0v) is 11.9. The molecule has 0 saturated carbocycles. The number of rotatable bonds is 8. The van der Waals surface area contributed by atoms with E-state index >= 15 is 0 Å². The molecule has 17 heavy (non-hydrogen) atoms. The summed E-state index contributed by atoms with van der Waals surface area (Å²) in [6, 6.07) is 0. The van der Waals surface area contributed by atoms with Gasteiger partial charge in [0.25, 0.3) is 0 Å². The zero-order chi connectivity index (χ0) is 12.7. The summed E-state index contributed by atoms with van der Waals surface area (Å²) in [6.07, 6.45) is 5.00. The first-order valence-corrected chi connectivity index (χ1v) is 7.11. The van der Waals surface area contributed by atoms with E-state index in [1.807, 2.05) is 0 Å². The van der Waals surface area contributed by atoms with E-state index in [1.54, 1.807) is 0 Å². The van der Waals surface area contributed by atoms with Crippen LogP contribution in [0.4, 0.5) is 0 Å². The van der Waals surface area contributed by atoms with Crippen molar-refractivity contribution in [1.29, 1.82) is 0 Å². The summed E-state index contributed by atoms with van der Waals surface area (Å²) in [4.78, 5) is 4.93. The van der Waals surface area contributed by atoms with Crippen LogP contribution in [0, 0.1) is 5.41 Å². The Balaban J connectivity index is 2.24. The fourth-order valence-corrected chi connectivity index (χ4v) is 2.86. The van der Waals surface area contributed by atoms with Crippen LogP contribution in [0.25, 0.3) is 0 Å². The highest BCUT2D eigenvalue weighted by atomic mass is 16.3. The summed E-state index contributed by atoms with van der Waals surface area (Å²) in [5, 5.41) is 9.51. The summed E-state index contributed by atoms with van der Waals surface area (Å²) in [7, 11) is 2.18. The van der Waals surface area contributed by atoms with Crippen molar-refractivity contribution in [3.8, 4) is 0 Å². The predicted octanol–water partition coefficient (Wildman–Crippen LogP) is 1.81. The van der Waals surface area contributed by atoms with Gasteiger partial charge in [0.1, 0.15) is 0 Å². The van der Waals surface area contributed by atoms with Crippen molar-refractivity contribution >= 4 is 0 Å². The number of hydrogen-bond donors (Lipinski definition) is 1. The van der Waals surface area contributed by atoms with E-state index in [4.69, 9.17) is 0 Å². The normalized spacial score (nSPS) is 21.0. The van der Waals surface area contributed by atoms with Gasteiger partial charge in [-0.1, -0.05) is 20.3 Å². The van der Waals surface area contributed by atoms with Gasteiger partial charge in [-0.3, -0.25) is 0 Å². The number of likely N-dealkylation sites (tertiary alicyclic amines) is 1. The first-order valence-electron chi connectivity index (χ1n) is 7.11. The molecule has 0 amide bonds. The smallest absolute Gasteiger partial charge is 0.0497 e. The molecule has 0 aromatic carbocycles. The van der Waals surface area contributed by atoms with Gasteiger partial charge in [-0.15, -0.1) is 0 Å². The molecule has 3 heteroatoms. The molecule has 3 nitrogen and oxygen atoms in total. The highest BCUT2D eigenvalue weighted by molar-refractivity contribution is 4.77. The molecular formula is C14H30N2O. The fourth-order valence-electron chi connectivity index (χ4n) is 2.86. The standard InChI is InChI=1S/C14H30N2O/c1-4-7-14(2,13-17)12-15(3)10-11-16-8-5-6-9-16/h17H,4-13H2,1-3H3. The molecule has 102 valence electrons. The maximum absolute atomic E-state index is 9.51. The van der Waals surface area contributed by atoms with Gasteiger partial charge in [0.05, 0.1) is 0 Å². The summed E-state index contributed by atoms with van der Waals surface area (Å²) < 4.78 is 0. The summed E-state index contributed by atoms with van der Waals surface area (Å²) >= 11 is 0. The first-order chi connectivity index (χ1) is 8.09. The predicted molar refractivity (Wildman–Crippen MR) is 73.3 cm³/mol. The maximum atomic E-state index is 9.51. The Morgan fingerprint density at radius 1 is 1.29 bits per heavy atom. The van der Waals surface area contributed by atoms with Crippen LogP contribution >= 0.6 is 0 Å². The van der Waals surface area contributed by atoms with Crippen LogP contribution in [-0.2, 0) is 0 Å². The van der Waals surface area contributed by atoms with Crippen molar-refractivity contribution in [2.24, 2.45) is 5.41 Å². The van der Waals surface area contributed by atoms with Crippen LogP contribution in [0.5, 0.6) is 0 Å². The second-order valence-electron chi connectivity index (χ2n) is 6.01. The molecule has 0 spiro atoms. The Morgan fingerprint density at radius 2 is 1.94 bits per heavy atom. The molecule has 1 rings (SSSR count). The Bertz CT molecular complexity index is 204. The van der Waals surface area contributed by atoms with Gasteiger partial charge in [0.2, 0.25) is 0 Å². The molecule has 0 aromatic heterocycles. The summed E-state index contributed by atoms with van der Waals surface area (Å²) in [5.74, 6) is 0. The van der Waals surface area contributed by atoms with Crippen LogP contribution in [0.2, 0.25) is 0 Å². The fraction of sp³-hybridized carbons (Fsp3) is 1.00. The van der Waals surface area contributed by atoms with E-state index in [0.717, 1.165) is 25.9 Å². The number of aliphatic hydroxyl groups excluding tert-OH is 1. The number of aliphatic hydroxyl groups is 1. The van der Waals surface area contributed by atoms with Crippen LogP contribution < -0.4 is 0 Å². The van der Waals surface area contributed by atoms with Crippen molar-refractivity contribution in [3.05, 3.63) is 0 Å². The van der Waals surface area contributed by atoms with Crippen LogP contribution in [0.15, 0.2) is 0 Å².